The Kier molecular flexibility index (Phi) is 9.51. The molecule has 1 N–H and O–H groups in total. The summed E-state index contributed by atoms with van der Waals surface area (Å²) in [6, 6.07) is 0. The lowest BCUT2D eigenvalue weighted by molar-refractivity contribution is -0.140. The SMILES string of the molecule is CC(C)(C)OCC(C)(C)[C@@H](O)C(=O)CCCC(=O)CCCS. The van der Waals surface area contributed by atoms with Crippen LogP contribution in [0.2, 0.25) is 0 Å². The van der Waals surface area contributed by atoms with Gasteiger partial charge in [-0.2, -0.15) is 12.6 Å². The Bertz CT molecular complexity index is 358. The van der Waals surface area contributed by atoms with Crippen LogP contribution >= 0.6 is 12.6 Å². The van der Waals surface area contributed by atoms with E-state index in [4.69, 9.17) is 4.74 Å². The number of Topliss-reactive ketones (excluding diaryl/α,β-unsaturated/α-hetero) is 2. The van der Waals surface area contributed by atoms with Gasteiger partial charge in [0.1, 0.15) is 11.9 Å². The Morgan fingerprint density at radius 2 is 1.59 bits per heavy atom. The molecule has 0 saturated heterocycles. The molecule has 0 aliphatic rings. The van der Waals surface area contributed by atoms with Gasteiger partial charge in [0.2, 0.25) is 0 Å². The van der Waals surface area contributed by atoms with E-state index in [0.29, 0.717) is 31.6 Å². The summed E-state index contributed by atoms with van der Waals surface area (Å²) < 4.78 is 5.68. The van der Waals surface area contributed by atoms with E-state index in [0.717, 1.165) is 6.42 Å². The van der Waals surface area contributed by atoms with Gasteiger partial charge in [-0.3, -0.25) is 9.59 Å². The first-order valence-corrected chi connectivity index (χ1v) is 8.60. The van der Waals surface area contributed by atoms with Crippen LogP contribution < -0.4 is 0 Å². The number of aliphatic hydroxyl groups is 1. The Labute approximate surface area is 140 Å². The summed E-state index contributed by atoms with van der Waals surface area (Å²) in [6.45, 7) is 9.76. The van der Waals surface area contributed by atoms with Crippen LogP contribution in [0.5, 0.6) is 0 Å². The molecule has 0 aromatic rings. The Hall–Kier alpha value is -0.390. The van der Waals surface area contributed by atoms with Gasteiger partial charge in [-0.05, 0) is 39.4 Å². The molecule has 0 amide bonds. The number of ether oxygens (including phenoxy) is 1. The standard InChI is InChI=1S/C17H32O4S/c1-16(2,3)21-12-17(4,5)15(20)14(19)10-6-8-13(18)9-7-11-22/h15,20,22H,6-12H2,1-5H3/t15-/m0/s1. The zero-order valence-electron chi connectivity index (χ0n) is 14.6. The second-order valence-electron chi connectivity index (χ2n) is 7.48. The average Bonchev–Trinajstić information content (AvgIpc) is 2.41. The summed E-state index contributed by atoms with van der Waals surface area (Å²) in [6.07, 6.45) is 1.35. The quantitative estimate of drug-likeness (QED) is 0.570. The first kappa shape index (κ1) is 21.6. The van der Waals surface area contributed by atoms with Crippen molar-refractivity contribution in [1.82, 2.24) is 0 Å². The van der Waals surface area contributed by atoms with Gasteiger partial charge < -0.3 is 9.84 Å². The lowest BCUT2D eigenvalue weighted by Crippen LogP contribution is -2.41. The highest BCUT2D eigenvalue weighted by molar-refractivity contribution is 7.80. The van der Waals surface area contributed by atoms with Crippen LogP contribution in [0, 0.1) is 5.41 Å². The molecule has 0 radical (unpaired) electrons. The summed E-state index contributed by atoms with van der Waals surface area (Å²) in [5, 5.41) is 10.2. The second-order valence-corrected chi connectivity index (χ2v) is 7.93. The summed E-state index contributed by atoms with van der Waals surface area (Å²) >= 11 is 4.07. The number of carbonyl (C=O) groups is 2. The topological polar surface area (TPSA) is 63.6 Å². The van der Waals surface area contributed by atoms with Gasteiger partial charge in [0.15, 0.2) is 5.78 Å². The molecule has 0 heterocycles. The lowest BCUT2D eigenvalue weighted by atomic mass is 9.83. The number of aliphatic hydroxyl groups excluding tert-OH is 1. The molecule has 0 aromatic heterocycles. The fourth-order valence-electron chi connectivity index (χ4n) is 1.91. The van der Waals surface area contributed by atoms with Gasteiger partial charge >= 0.3 is 0 Å². The van der Waals surface area contributed by atoms with E-state index in [9.17, 15) is 14.7 Å². The zero-order chi connectivity index (χ0) is 17.4. The predicted octanol–water partition coefficient (Wildman–Crippen LogP) is 3.21. The van der Waals surface area contributed by atoms with Crippen molar-refractivity contribution in [1.29, 1.82) is 0 Å². The molecule has 22 heavy (non-hydrogen) atoms. The monoisotopic (exact) mass is 332 g/mol. The van der Waals surface area contributed by atoms with Crippen molar-refractivity contribution in [3.8, 4) is 0 Å². The van der Waals surface area contributed by atoms with E-state index in [1.807, 2.05) is 34.6 Å². The van der Waals surface area contributed by atoms with Crippen molar-refractivity contribution in [2.45, 2.75) is 78.4 Å². The van der Waals surface area contributed by atoms with Gasteiger partial charge in [0, 0.05) is 24.7 Å². The Balaban J connectivity index is 4.21. The molecule has 0 aromatic carbocycles. The minimum atomic E-state index is -1.07. The summed E-state index contributed by atoms with van der Waals surface area (Å²) in [4.78, 5) is 23.6. The number of ketones is 2. The molecule has 1 atom stereocenters. The van der Waals surface area contributed by atoms with Crippen molar-refractivity contribution in [3.05, 3.63) is 0 Å². The molecule has 0 rings (SSSR count). The van der Waals surface area contributed by atoms with Gasteiger partial charge in [0.25, 0.3) is 0 Å². The average molecular weight is 333 g/mol. The number of rotatable bonds is 11. The fraction of sp³-hybridized carbons (Fsp3) is 0.882. The predicted molar refractivity (Wildman–Crippen MR) is 92.4 cm³/mol. The van der Waals surface area contributed by atoms with E-state index in [1.54, 1.807) is 0 Å². The highest BCUT2D eigenvalue weighted by Crippen LogP contribution is 2.25. The number of hydrogen-bond acceptors (Lipinski definition) is 5. The van der Waals surface area contributed by atoms with Crippen LogP contribution in [0.1, 0.15) is 66.7 Å². The highest BCUT2D eigenvalue weighted by Gasteiger charge is 2.34. The number of thiol groups is 1. The number of carbonyl (C=O) groups excluding carboxylic acids is 2. The van der Waals surface area contributed by atoms with Crippen LogP contribution in [0.15, 0.2) is 0 Å². The molecule has 130 valence electrons. The van der Waals surface area contributed by atoms with Crippen molar-refractivity contribution in [2.24, 2.45) is 5.41 Å². The molecule has 5 heteroatoms. The Morgan fingerprint density at radius 3 is 2.09 bits per heavy atom. The largest absolute Gasteiger partial charge is 0.385 e. The molecule has 0 unspecified atom stereocenters. The molecule has 0 fully saturated rings. The first-order chi connectivity index (χ1) is 9.99. The van der Waals surface area contributed by atoms with E-state index in [-0.39, 0.29) is 23.6 Å². The minimum absolute atomic E-state index is 0.159. The third-order valence-electron chi connectivity index (χ3n) is 3.41. The van der Waals surface area contributed by atoms with Crippen molar-refractivity contribution < 1.29 is 19.4 Å². The molecule has 0 spiro atoms. The van der Waals surface area contributed by atoms with E-state index < -0.39 is 11.5 Å². The molecular formula is C17H32O4S. The Morgan fingerprint density at radius 1 is 1.05 bits per heavy atom. The van der Waals surface area contributed by atoms with Gasteiger partial charge in [0.05, 0.1) is 12.2 Å². The van der Waals surface area contributed by atoms with Crippen LogP contribution in [0.25, 0.3) is 0 Å². The first-order valence-electron chi connectivity index (χ1n) is 7.97. The zero-order valence-corrected chi connectivity index (χ0v) is 15.5. The van der Waals surface area contributed by atoms with Crippen LogP contribution in [0.4, 0.5) is 0 Å². The van der Waals surface area contributed by atoms with E-state index in [1.165, 1.54) is 0 Å². The molecule has 4 nitrogen and oxygen atoms in total. The highest BCUT2D eigenvalue weighted by atomic mass is 32.1. The van der Waals surface area contributed by atoms with Crippen LogP contribution in [0.3, 0.4) is 0 Å². The third-order valence-corrected chi connectivity index (χ3v) is 3.73. The minimum Gasteiger partial charge on any atom is -0.385 e. The lowest BCUT2D eigenvalue weighted by Gasteiger charge is -2.32. The van der Waals surface area contributed by atoms with Gasteiger partial charge in [-0.25, -0.2) is 0 Å². The van der Waals surface area contributed by atoms with Crippen LogP contribution in [-0.4, -0.2) is 40.7 Å². The third kappa shape index (κ3) is 9.59. The van der Waals surface area contributed by atoms with E-state index >= 15 is 0 Å². The molecule has 0 aliphatic carbocycles. The van der Waals surface area contributed by atoms with Gasteiger partial charge in [-0.15, -0.1) is 0 Å². The molecule has 0 bridgehead atoms. The second kappa shape index (κ2) is 9.68. The molecular weight excluding hydrogens is 300 g/mol. The van der Waals surface area contributed by atoms with Crippen molar-refractivity contribution in [3.63, 3.8) is 0 Å². The fourth-order valence-corrected chi connectivity index (χ4v) is 2.07. The molecule has 0 saturated carbocycles. The maximum Gasteiger partial charge on any atom is 0.161 e. The van der Waals surface area contributed by atoms with Crippen molar-refractivity contribution >= 4 is 24.2 Å². The summed E-state index contributed by atoms with van der Waals surface area (Å²) in [5.74, 6) is 0.641. The normalized spacial score (nSPS) is 14.0. The molecule has 0 aliphatic heterocycles. The summed E-state index contributed by atoms with van der Waals surface area (Å²) in [5.41, 5.74) is -0.945. The van der Waals surface area contributed by atoms with Crippen LogP contribution in [-0.2, 0) is 14.3 Å². The van der Waals surface area contributed by atoms with E-state index in [2.05, 4.69) is 12.6 Å². The number of hydrogen-bond donors (Lipinski definition) is 2. The maximum atomic E-state index is 12.1. The van der Waals surface area contributed by atoms with Gasteiger partial charge in [-0.1, -0.05) is 13.8 Å². The maximum absolute atomic E-state index is 12.1. The van der Waals surface area contributed by atoms with Crippen molar-refractivity contribution in [2.75, 3.05) is 12.4 Å². The smallest absolute Gasteiger partial charge is 0.161 e. The summed E-state index contributed by atoms with van der Waals surface area (Å²) in [7, 11) is 0.